The lowest BCUT2D eigenvalue weighted by Gasteiger charge is -2.31. The molecule has 2 aromatic rings. The van der Waals surface area contributed by atoms with Crippen LogP contribution in [0.5, 0.6) is 0 Å². The zero-order chi connectivity index (χ0) is 19.1. The van der Waals surface area contributed by atoms with Crippen molar-refractivity contribution in [1.82, 2.24) is 0 Å². The topological polar surface area (TPSA) is 55.5 Å². The molecule has 0 bridgehead atoms. The van der Waals surface area contributed by atoms with Crippen molar-refractivity contribution in [1.29, 1.82) is 0 Å². The van der Waals surface area contributed by atoms with Crippen molar-refractivity contribution >= 4 is 0 Å². The highest BCUT2D eigenvalue weighted by Crippen LogP contribution is 2.43. The molecule has 1 saturated heterocycles. The number of halogens is 3. The van der Waals surface area contributed by atoms with Crippen LogP contribution in [-0.2, 0) is 15.9 Å². The minimum atomic E-state index is -1.55. The van der Waals surface area contributed by atoms with E-state index in [1.165, 1.54) is 32.0 Å². The van der Waals surface area contributed by atoms with Gasteiger partial charge in [-0.2, -0.15) is 0 Å². The van der Waals surface area contributed by atoms with Crippen molar-refractivity contribution in [2.75, 3.05) is 13.2 Å². The lowest BCUT2D eigenvalue weighted by atomic mass is 9.83. The first-order valence-corrected chi connectivity index (χ1v) is 8.55. The Morgan fingerprint density at radius 2 is 1.81 bits per heavy atom. The smallest absolute Gasteiger partial charge is 0.140 e. The van der Waals surface area contributed by atoms with E-state index in [1.54, 1.807) is 0 Å². The lowest BCUT2D eigenvalue weighted by molar-refractivity contribution is 0.00454. The molecular weight excluding hydrogens is 343 g/mol. The maximum Gasteiger partial charge on any atom is 0.140 e. The highest BCUT2D eigenvalue weighted by molar-refractivity contribution is 5.68. The quantitative estimate of drug-likeness (QED) is 0.862. The summed E-state index contributed by atoms with van der Waals surface area (Å²) in [4.78, 5) is 0. The van der Waals surface area contributed by atoms with Crippen LogP contribution in [0.4, 0.5) is 13.2 Å². The fourth-order valence-corrected chi connectivity index (χ4v) is 3.46. The van der Waals surface area contributed by atoms with Crippen molar-refractivity contribution in [3.05, 3.63) is 58.9 Å². The predicted octanol–water partition coefficient (Wildman–Crippen LogP) is 3.96. The molecule has 26 heavy (non-hydrogen) atoms. The van der Waals surface area contributed by atoms with Crippen LogP contribution in [0.15, 0.2) is 30.3 Å². The van der Waals surface area contributed by atoms with Crippen molar-refractivity contribution in [3.8, 4) is 11.1 Å². The van der Waals surface area contributed by atoms with Gasteiger partial charge in [-0.1, -0.05) is 12.1 Å². The van der Waals surface area contributed by atoms with Crippen LogP contribution < -0.4 is 5.73 Å². The summed E-state index contributed by atoms with van der Waals surface area (Å²) in [6.07, 6.45) is 1.21. The molecule has 0 radical (unpaired) electrons. The van der Waals surface area contributed by atoms with Crippen molar-refractivity contribution in [2.24, 2.45) is 5.73 Å². The molecule has 2 aromatic carbocycles. The Hall–Kier alpha value is -1.89. The molecule has 3 N–H and O–H groups in total. The molecule has 1 aliphatic heterocycles. The first kappa shape index (κ1) is 18.9. The average Bonchev–Trinajstić information content (AvgIpc) is 3.05. The standard InChI is InChI=1S/C20H22F3NO2/c1-19(2,25)14-10-15(20(11-24)8-3-9-26-20)18(23)16(17(14)22)12-4-6-13(21)7-5-12/h4-7,10,25H,3,8-9,11,24H2,1-2H3. The highest BCUT2D eigenvalue weighted by atomic mass is 19.1. The second kappa shape index (κ2) is 6.68. The van der Waals surface area contributed by atoms with Gasteiger partial charge in [0.05, 0.1) is 11.2 Å². The SMILES string of the molecule is CC(C)(O)c1cc(C2(CN)CCCO2)c(F)c(-c2ccc(F)cc2)c1F. The molecule has 1 atom stereocenters. The maximum atomic E-state index is 15.4. The van der Waals surface area contributed by atoms with Gasteiger partial charge in [0, 0.05) is 24.3 Å². The molecule has 0 spiro atoms. The van der Waals surface area contributed by atoms with Gasteiger partial charge in [0.15, 0.2) is 0 Å². The summed E-state index contributed by atoms with van der Waals surface area (Å²) in [5.74, 6) is -2.18. The van der Waals surface area contributed by atoms with Gasteiger partial charge in [-0.25, -0.2) is 13.2 Å². The Balaban J connectivity index is 2.33. The fraction of sp³-hybridized carbons (Fsp3) is 0.400. The van der Waals surface area contributed by atoms with Crippen molar-refractivity contribution in [2.45, 2.75) is 37.9 Å². The minimum Gasteiger partial charge on any atom is -0.386 e. The van der Waals surface area contributed by atoms with E-state index in [-0.39, 0.29) is 28.8 Å². The monoisotopic (exact) mass is 365 g/mol. The van der Waals surface area contributed by atoms with Gasteiger partial charge in [0.2, 0.25) is 0 Å². The van der Waals surface area contributed by atoms with E-state index in [0.29, 0.717) is 19.4 Å². The number of hydrogen-bond donors (Lipinski definition) is 2. The first-order chi connectivity index (χ1) is 12.2. The van der Waals surface area contributed by atoms with E-state index < -0.39 is 28.7 Å². The average molecular weight is 365 g/mol. The van der Waals surface area contributed by atoms with E-state index in [0.717, 1.165) is 12.1 Å². The molecule has 6 heteroatoms. The van der Waals surface area contributed by atoms with Crippen LogP contribution in [0.2, 0.25) is 0 Å². The second-order valence-electron chi connectivity index (χ2n) is 7.19. The Labute approximate surface area is 150 Å². The Morgan fingerprint density at radius 3 is 2.31 bits per heavy atom. The fourth-order valence-electron chi connectivity index (χ4n) is 3.46. The molecular formula is C20H22F3NO2. The Kier molecular flexibility index (Phi) is 4.86. The first-order valence-electron chi connectivity index (χ1n) is 8.55. The number of nitrogens with two attached hydrogens (primary N) is 1. The van der Waals surface area contributed by atoms with Gasteiger partial charge >= 0.3 is 0 Å². The molecule has 1 fully saturated rings. The van der Waals surface area contributed by atoms with Gasteiger partial charge in [-0.15, -0.1) is 0 Å². The summed E-state index contributed by atoms with van der Waals surface area (Å²) in [6.45, 7) is 3.31. The zero-order valence-corrected chi connectivity index (χ0v) is 14.8. The van der Waals surface area contributed by atoms with Crippen LogP contribution in [0.3, 0.4) is 0 Å². The lowest BCUT2D eigenvalue weighted by Crippen LogP contribution is -2.36. The normalized spacial score (nSPS) is 20.6. The van der Waals surface area contributed by atoms with Gasteiger partial charge in [0.25, 0.3) is 0 Å². The molecule has 3 rings (SSSR count). The number of hydrogen-bond acceptors (Lipinski definition) is 3. The summed E-state index contributed by atoms with van der Waals surface area (Å²) >= 11 is 0. The van der Waals surface area contributed by atoms with E-state index in [2.05, 4.69) is 0 Å². The highest BCUT2D eigenvalue weighted by Gasteiger charge is 2.41. The van der Waals surface area contributed by atoms with Gasteiger partial charge in [0.1, 0.15) is 23.1 Å². The van der Waals surface area contributed by atoms with E-state index in [9.17, 15) is 9.50 Å². The summed E-state index contributed by atoms with van der Waals surface area (Å²) in [5.41, 5.74) is 3.19. The molecule has 0 saturated carbocycles. The Morgan fingerprint density at radius 1 is 1.15 bits per heavy atom. The summed E-state index contributed by atoms with van der Waals surface area (Å²) in [5, 5.41) is 10.4. The number of rotatable bonds is 4. The van der Waals surface area contributed by atoms with Crippen LogP contribution in [0.25, 0.3) is 11.1 Å². The number of aliphatic hydroxyl groups is 1. The van der Waals surface area contributed by atoms with Gasteiger partial charge < -0.3 is 15.6 Å². The van der Waals surface area contributed by atoms with Gasteiger partial charge in [-0.05, 0) is 50.5 Å². The van der Waals surface area contributed by atoms with Crippen LogP contribution in [0, 0.1) is 17.5 Å². The summed E-state index contributed by atoms with van der Waals surface area (Å²) in [6, 6.07) is 6.18. The van der Waals surface area contributed by atoms with Crippen molar-refractivity contribution < 1.29 is 23.0 Å². The van der Waals surface area contributed by atoms with Crippen LogP contribution >= 0.6 is 0 Å². The summed E-state index contributed by atoms with van der Waals surface area (Å²) < 4.78 is 49.6. The molecule has 0 amide bonds. The molecule has 1 aliphatic rings. The third kappa shape index (κ3) is 3.13. The zero-order valence-electron chi connectivity index (χ0n) is 14.8. The van der Waals surface area contributed by atoms with Crippen LogP contribution in [-0.4, -0.2) is 18.3 Å². The second-order valence-corrected chi connectivity index (χ2v) is 7.19. The van der Waals surface area contributed by atoms with E-state index in [4.69, 9.17) is 10.5 Å². The maximum absolute atomic E-state index is 15.4. The van der Waals surface area contributed by atoms with Crippen LogP contribution in [0.1, 0.15) is 37.8 Å². The molecule has 3 nitrogen and oxygen atoms in total. The third-order valence-electron chi connectivity index (χ3n) is 4.92. The largest absolute Gasteiger partial charge is 0.386 e. The molecule has 140 valence electrons. The van der Waals surface area contributed by atoms with Crippen molar-refractivity contribution in [3.63, 3.8) is 0 Å². The number of ether oxygens (including phenoxy) is 1. The Bertz CT molecular complexity index is 807. The predicted molar refractivity (Wildman–Crippen MR) is 92.9 cm³/mol. The van der Waals surface area contributed by atoms with Gasteiger partial charge in [-0.3, -0.25) is 0 Å². The number of benzene rings is 2. The summed E-state index contributed by atoms with van der Waals surface area (Å²) in [7, 11) is 0. The molecule has 1 unspecified atom stereocenters. The molecule has 1 heterocycles. The third-order valence-corrected chi connectivity index (χ3v) is 4.92. The molecule has 0 aliphatic carbocycles. The minimum absolute atomic E-state index is 0.0315. The van der Waals surface area contributed by atoms with E-state index in [1.807, 2.05) is 0 Å². The molecule has 0 aromatic heterocycles. The van der Waals surface area contributed by atoms with E-state index >= 15 is 8.78 Å².